The summed E-state index contributed by atoms with van der Waals surface area (Å²) in [7, 11) is 1.78. The van der Waals surface area contributed by atoms with Gasteiger partial charge >= 0.3 is 0 Å². The van der Waals surface area contributed by atoms with E-state index in [1.54, 1.807) is 7.11 Å². The van der Waals surface area contributed by atoms with Gasteiger partial charge in [-0.15, -0.1) is 0 Å². The quantitative estimate of drug-likeness (QED) is 0.882. The predicted octanol–water partition coefficient (Wildman–Crippen LogP) is 1.40. The summed E-state index contributed by atoms with van der Waals surface area (Å²) in [5, 5.41) is 7.66. The number of hydrogen-bond donors (Lipinski definition) is 1. The smallest absolute Gasteiger partial charge is 0.0967 e. The Morgan fingerprint density at radius 1 is 1.33 bits per heavy atom. The van der Waals surface area contributed by atoms with Crippen molar-refractivity contribution in [3.05, 3.63) is 48.3 Å². The molecule has 0 radical (unpaired) electrons. The molecule has 1 N–H and O–H groups in total. The minimum atomic E-state index is -0.0372. The molecule has 1 aliphatic rings. The molecule has 3 rings (SSSR count). The van der Waals surface area contributed by atoms with Crippen molar-refractivity contribution in [2.75, 3.05) is 20.2 Å². The third-order valence-corrected chi connectivity index (χ3v) is 3.51. The second kappa shape index (κ2) is 4.55. The van der Waals surface area contributed by atoms with E-state index in [2.05, 4.69) is 16.6 Å². The van der Waals surface area contributed by atoms with Gasteiger partial charge in [0.1, 0.15) is 0 Å². The maximum Gasteiger partial charge on any atom is 0.0967 e. The van der Waals surface area contributed by atoms with Gasteiger partial charge in [0.15, 0.2) is 0 Å². The van der Waals surface area contributed by atoms with Crippen molar-refractivity contribution in [1.29, 1.82) is 0 Å². The van der Waals surface area contributed by atoms with Crippen LogP contribution in [0.15, 0.2) is 42.7 Å². The van der Waals surface area contributed by atoms with Gasteiger partial charge in [0, 0.05) is 32.8 Å². The van der Waals surface area contributed by atoms with E-state index < -0.39 is 0 Å². The van der Waals surface area contributed by atoms with E-state index in [0.717, 1.165) is 25.2 Å². The number of aromatic nitrogens is 2. The Bertz CT molecular complexity index is 511. The lowest BCUT2D eigenvalue weighted by Crippen LogP contribution is -2.61. The second-order valence-corrected chi connectivity index (χ2v) is 4.80. The third-order valence-electron chi connectivity index (χ3n) is 3.51. The lowest BCUT2D eigenvalue weighted by molar-refractivity contribution is -0.0502. The Morgan fingerprint density at radius 3 is 2.72 bits per heavy atom. The molecular weight excluding hydrogens is 226 g/mol. The molecule has 0 atom stereocenters. The summed E-state index contributed by atoms with van der Waals surface area (Å²) in [5.74, 6) is 0. The topological polar surface area (TPSA) is 39.1 Å². The number of para-hydroxylation sites is 1. The van der Waals surface area contributed by atoms with Gasteiger partial charge in [-0.25, -0.2) is 4.68 Å². The molecular formula is C14H17N3O. The molecule has 0 spiro atoms. The molecule has 1 saturated heterocycles. The molecule has 0 unspecified atom stereocenters. The molecule has 1 aromatic carbocycles. The van der Waals surface area contributed by atoms with Crippen molar-refractivity contribution in [2.24, 2.45) is 0 Å². The number of hydrogen-bond acceptors (Lipinski definition) is 3. The molecule has 2 heterocycles. The fraction of sp³-hybridized carbons (Fsp3) is 0.357. The van der Waals surface area contributed by atoms with Gasteiger partial charge in [-0.3, -0.25) is 0 Å². The van der Waals surface area contributed by atoms with Crippen LogP contribution in [-0.4, -0.2) is 35.6 Å². The Kier molecular flexibility index (Phi) is 2.89. The molecule has 18 heavy (non-hydrogen) atoms. The van der Waals surface area contributed by atoms with Crippen LogP contribution < -0.4 is 5.32 Å². The van der Waals surface area contributed by atoms with E-state index in [0.29, 0.717) is 0 Å². The maximum absolute atomic E-state index is 5.59. The Labute approximate surface area is 107 Å². The Morgan fingerprint density at radius 2 is 2.11 bits per heavy atom. The number of ether oxygens (including phenoxy) is 1. The van der Waals surface area contributed by atoms with E-state index in [9.17, 15) is 0 Å². The summed E-state index contributed by atoms with van der Waals surface area (Å²) in [6.07, 6.45) is 4.91. The average molecular weight is 243 g/mol. The normalized spacial score (nSPS) is 17.4. The first-order valence-corrected chi connectivity index (χ1v) is 6.16. The first kappa shape index (κ1) is 11.4. The fourth-order valence-electron chi connectivity index (χ4n) is 2.29. The highest BCUT2D eigenvalue weighted by molar-refractivity contribution is 5.31. The summed E-state index contributed by atoms with van der Waals surface area (Å²) in [6.45, 7) is 1.83. The predicted molar refractivity (Wildman–Crippen MR) is 69.9 cm³/mol. The highest BCUT2D eigenvalue weighted by atomic mass is 16.5. The van der Waals surface area contributed by atoms with Gasteiger partial charge in [0.2, 0.25) is 0 Å². The second-order valence-electron chi connectivity index (χ2n) is 4.80. The first-order valence-electron chi connectivity index (χ1n) is 6.16. The minimum Gasteiger partial charge on any atom is -0.375 e. The molecule has 4 heteroatoms. The zero-order valence-electron chi connectivity index (χ0n) is 10.5. The van der Waals surface area contributed by atoms with Gasteiger partial charge in [0.05, 0.1) is 17.5 Å². The maximum atomic E-state index is 5.59. The monoisotopic (exact) mass is 243 g/mol. The van der Waals surface area contributed by atoms with Crippen LogP contribution in [0.4, 0.5) is 0 Å². The summed E-state index contributed by atoms with van der Waals surface area (Å²) < 4.78 is 7.50. The molecule has 0 bridgehead atoms. The highest BCUT2D eigenvalue weighted by Gasteiger charge is 2.37. The fourth-order valence-corrected chi connectivity index (χ4v) is 2.29. The van der Waals surface area contributed by atoms with Crippen LogP contribution in [0, 0.1) is 0 Å². The summed E-state index contributed by atoms with van der Waals surface area (Å²) in [4.78, 5) is 0. The van der Waals surface area contributed by atoms with Crippen LogP contribution >= 0.6 is 0 Å². The molecule has 0 saturated carbocycles. The summed E-state index contributed by atoms with van der Waals surface area (Å²) in [5.41, 5.74) is 2.26. The summed E-state index contributed by atoms with van der Waals surface area (Å²) >= 11 is 0. The van der Waals surface area contributed by atoms with E-state index in [-0.39, 0.29) is 5.60 Å². The molecule has 0 aliphatic carbocycles. The number of nitrogens with zero attached hydrogens (tertiary/aromatic N) is 2. The van der Waals surface area contributed by atoms with Gasteiger partial charge in [-0.05, 0) is 17.7 Å². The van der Waals surface area contributed by atoms with Crippen molar-refractivity contribution in [1.82, 2.24) is 15.1 Å². The van der Waals surface area contributed by atoms with E-state index in [4.69, 9.17) is 4.74 Å². The lowest BCUT2D eigenvalue weighted by Gasteiger charge is -2.41. The van der Waals surface area contributed by atoms with Crippen molar-refractivity contribution in [3.8, 4) is 5.69 Å². The third kappa shape index (κ3) is 2.05. The van der Waals surface area contributed by atoms with Gasteiger partial charge in [0.25, 0.3) is 0 Å². The lowest BCUT2D eigenvalue weighted by atomic mass is 9.90. The number of nitrogens with one attached hydrogen (secondary N) is 1. The average Bonchev–Trinajstić information content (AvgIpc) is 2.83. The van der Waals surface area contributed by atoms with Crippen molar-refractivity contribution in [2.45, 2.75) is 12.0 Å². The van der Waals surface area contributed by atoms with Crippen LogP contribution in [0.3, 0.4) is 0 Å². The van der Waals surface area contributed by atoms with Crippen LogP contribution in [0.1, 0.15) is 5.56 Å². The number of rotatable bonds is 4. The Hall–Kier alpha value is -1.65. The van der Waals surface area contributed by atoms with Crippen molar-refractivity contribution < 1.29 is 4.74 Å². The SMILES string of the molecule is COC1(Cc2cnn(-c3ccccc3)c2)CNC1. The largest absolute Gasteiger partial charge is 0.375 e. The zero-order valence-corrected chi connectivity index (χ0v) is 10.5. The minimum absolute atomic E-state index is 0.0372. The van der Waals surface area contributed by atoms with Crippen molar-refractivity contribution >= 4 is 0 Å². The van der Waals surface area contributed by atoms with E-state index >= 15 is 0 Å². The molecule has 94 valence electrons. The van der Waals surface area contributed by atoms with Crippen LogP contribution in [-0.2, 0) is 11.2 Å². The van der Waals surface area contributed by atoms with Gasteiger partial charge < -0.3 is 10.1 Å². The summed E-state index contributed by atoms with van der Waals surface area (Å²) in [6, 6.07) is 10.1. The molecule has 1 fully saturated rings. The van der Waals surface area contributed by atoms with E-state index in [1.807, 2.05) is 41.2 Å². The van der Waals surface area contributed by atoms with Gasteiger partial charge in [-0.1, -0.05) is 18.2 Å². The molecule has 1 aromatic heterocycles. The van der Waals surface area contributed by atoms with Crippen LogP contribution in [0.25, 0.3) is 5.69 Å². The van der Waals surface area contributed by atoms with Crippen LogP contribution in [0.2, 0.25) is 0 Å². The highest BCUT2D eigenvalue weighted by Crippen LogP contribution is 2.22. The van der Waals surface area contributed by atoms with Crippen LogP contribution in [0.5, 0.6) is 0 Å². The number of methoxy groups -OCH3 is 1. The zero-order chi connectivity index (χ0) is 12.4. The molecule has 2 aromatic rings. The number of benzene rings is 1. The van der Waals surface area contributed by atoms with E-state index in [1.165, 1.54) is 5.56 Å². The van der Waals surface area contributed by atoms with Crippen molar-refractivity contribution in [3.63, 3.8) is 0 Å². The molecule has 1 aliphatic heterocycles. The molecule has 0 amide bonds. The first-order chi connectivity index (χ1) is 8.81. The Balaban J connectivity index is 1.78. The molecule has 4 nitrogen and oxygen atoms in total. The standard InChI is InChI=1S/C14H17N3O/c1-18-14(10-15-11-14)7-12-8-16-17(9-12)13-5-3-2-4-6-13/h2-6,8-9,15H,7,10-11H2,1H3. The van der Waals surface area contributed by atoms with Gasteiger partial charge in [-0.2, -0.15) is 5.10 Å².